The van der Waals surface area contributed by atoms with Crippen LogP contribution < -0.4 is 0 Å². The number of carbonyl (C=O) groups is 1. The van der Waals surface area contributed by atoms with E-state index in [0.717, 1.165) is 0 Å². The second-order valence-corrected chi connectivity index (χ2v) is 5.46. The third kappa shape index (κ3) is 4.45. The third-order valence-corrected chi connectivity index (χ3v) is 3.62. The summed E-state index contributed by atoms with van der Waals surface area (Å²) in [5.41, 5.74) is 0.702. The SMILES string of the molecule is COCCOCCc1noc(-c2ccc(Cl)cc2Cl)c1C(=O)O. The van der Waals surface area contributed by atoms with Gasteiger partial charge in [0, 0.05) is 24.1 Å². The van der Waals surface area contributed by atoms with Crippen LogP contribution in [0.3, 0.4) is 0 Å². The molecule has 23 heavy (non-hydrogen) atoms. The van der Waals surface area contributed by atoms with Gasteiger partial charge in [0.05, 0.1) is 24.8 Å². The van der Waals surface area contributed by atoms with E-state index in [-0.39, 0.29) is 11.3 Å². The van der Waals surface area contributed by atoms with Crippen molar-refractivity contribution in [1.82, 2.24) is 5.16 Å². The molecule has 0 aliphatic carbocycles. The molecule has 1 N–H and O–H groups in total. The first kappa shape index (κ1) is 17.7. The van der Waals surface area contributed by atoms with Gasteiger partial charge in [0.15, 0.2) is 5.76 Å². The van der Waals surface area contributed by atoms with Gasteiger partial charge in [-0.3, -0.25) is 0 Å². The maximum absolute atomic E-state index is 11.6. The Hall–Kier alpha value is -1.60. The highest BCUT2D eigenvalue weighted by Crippen LogP contribution is 2.34. The van der Waals surface area contributed by atoms with Crippen LogP contribution in [0.5, 0.6) is 0 Å². The number of aromatic carboxylic acids is 1. The maximum Gasteiger partial charge on any atom is 0.341 e. The van der Waals surface area contributed by atoms with Crippen LogP contribution in [0.4, 0.5) is 0 Å². The zero-order chi connectivity index (χ0) is 16.8. The zero-order valence-corrected chi connectivity index (χ0v) is 13.9. The molecule has 1 aromatic heterocycles. The van der Waals surface area contributed by atoms with Crippen molar-refractivity contribution in [2.75, 3.05) is 26.9 Å². The van der Waals surface area contributed by atoms with E-state index in [0.29, 0.717) is 47.5 Å². The molecule has 0 aliphatic heterocycles. The van der Waals surface area contributed by atoms with Gasteiger partial charge in [-0.2, -0.15) is 0 Å². The van der Waals surface area contributed by atoms with E-state index in [1.165, 1.54) is 6.07 Å². The van der Waals surface area contributed by atoms with Gasteiger partial charge in [0.1, 0.15) is 11.3 Å². The summed E-state index contributed by atoms with van der Waals surface area (Å²) in [5, 5.41) is 14.0. The highest BCUT2D eigenvalue weighted by molar-refractivity contribution is 6.36. The van der Waals surface area contributed by atoms with Gasteiger partial charge in [-0.1, -0.05) is 28.4 Å². The number of carboxylic acids is 1. The molecule has 124 valence electrons. The van der Waals surface area contributed by atoms with Crippen LogP contribution in [0, 0.1) is 0 Å². The number of hydrogen-bond donors (Lipinski definition) is 1. The molecule has 0 spiro atoms. The van der Waals surface area contributed by atoms with Crippen LogP contribution >= 0.6 is 23.2 Å². The second kappa shape index (κ2) is 8.31. The fourth-order valence-corrected chi connectivity index (χ4v) is 2.48. The van der Waals surface area contributed by atoms with Gasteiger partial charge >= 0.3 is 5.97 Å². The summed E-state index contributed by atoms with van der Waals surface area (Å²) < 4.78 is 15.4. The summed E-state index contributed by atoms with van der Waals surface area (Å²) in [5.74, 6) is -1.04. The average molecular weight is 360 g/mol. The van der Waals surface area contributed by atoms with Crippen molar-refractivity contribution < 1.29 is 23.9 Å². The summed E-state index contributed by atoms with van der Waals surface area (Å²) in [6, 6.07) is 4.71. The zero-order valence-electron chi connectivity index (χ0n) is 12.3. The maximum atomic E-state index is 11.6. The van der Waals surface area contributed by atoms with Crippen LogP contribution in [0.2, 0.25) is 10.0 Å². The number of methoxy groups -OCH3 is 1. The molecular weight excluding hydrogens is 345 g/mol. The number of carboxylic acid groups (broad SMARTS) is 1. The number of halogens is 2. The molecule has 8 heteroatoms. The topological polar surface area (TPSA) is 81.8 Å². The highest BCUT2D eigenvalue weighted by atomic mass is 35.5. The quantitative estimate of drug-likeness (QED) is 0.725. The van der Waals surface area contributed by atoms with Crippen LogP contribution in [-0.4, -0.2) is 43.2 Å². The standard InChI is InChI=1S/C15H15Cl2NO5/c1-21-6-7-22-5-4-12-13(15(19)20)14(23-18-12)10-3-2-9(16)8-11(10)17/h2-3,8H,4-7H2,1H3,(H,19,20). The number of nitrogens with zero attached hydrogens (tertiary/aromatic N) is 1. The smallest absolute Gasteiger partial charge is 0.341 e. The third-order valence-electron chi connectivity index (χ3n) is 3.07. The minimum atomic E-state index is -1.14. The molecule has 0 unspecified atom stereocenters. The molecule has 1 heterocycles. The van der Waals surface area contributed by atoms with Crippen molar-refractivity contribution in [3.05, 3.63) is 39.5 Å². The Morgan fingerprint density at radius 2 is 2.09 bits per heavy atom. The van der Waals surface area contributed by atoms with Crippen LogP contribution in [0.1, 0.15) is 16.1 Å². The lowest BCUT2D eigenvalue weighted by Gasteiger charge is -2.04. The number of benzene rings is 1. The van der Waals surface area contributed by atoms with Gasteiger partial charge in [0.2, 0.25) is 0 Å². The number of ether oxygens (including phenoxy) is 2. The molecule has 0 aliphatic rings. The minimum Gasteiger partial charge on any atom is -0.477 e. The molecule has 0 amide bonds. The molecular formula is C15H15Cl2NO5. The molecule has 6 nitrogen and oxygen atoms in total. The number of rotatable bonds is 8. The van der Waals surface area contributed by atoms with Crippen molar-refractivity contribution in [1.29, 1.82) is 0 Å². The Bertz CT molecular complexity index is 687. The minimum absolute atomic E-state index is 0.0236. The first-order chi connectivity index (χ1) is 11.0. The number of aromatic nitrogens is 1. The normalized spacial score (nSPS) is 10.9. The van der Waals surface area contributed by atoms with E-state index in [1.807, 2.05) is 0 Å². The summed E-state index contributed by atoms with van der Waals surface area (Å²) in [6.07, 6.45) is 0.306. The first-order valence-corrected chi connectivity index (χ1v) is 7.54. The van der Waals surface area contributed by atoms with Crippen molar-refractivity contribution in [3.63, 3.8) is 0 Å². The lowest BCUT2D eigenvalue weighted by Crippen LogP contribution is -2.08. The van der Waals surface area contributed by atoms with E-state index in [9.17, 15) is 9.90 Å². The Balaban J connectivity index is 2.23. The first-order valence-electron chi connectivity index (χ1n) is 6.78. The Labute approximate surface area is 142 Å². The molecule has 0 radical (unpaired) electrons. The molecule has 1 aromatic carbocycles. The molecule has 0 atom stereocenters. The second-order valence-electron chi connectivity index (χ2n) is 4.62. The highest BCUT2D eigenvalue weighted by Gasteiger charge is 2.24. The van der Waals surface area contributed by atoms with Gasteiger partial charge in [0.25, 0.3) is 0 Å². The fraction of sp³-hybridized carbons (Fsp3) is 0.333. The van der Waals surface area contributed by atoms with Gasteiger partial charge in [-0.15, -0.1) is 0 Å². The van der Waals surface area contributed by atoms with E-state index < -0.39 is 5.97 Å². The fourth-order valence-electron chi connectivity index (χ4n) is 1.98. The van der Waals surface area contributed by atoms with Gasteiger partial charge in [-0.25, -0.2) is 4.79 Å². The van der Waals surface area contributed by atoms with E-state index >= 15 is 0 Å². The Morgan fingerprint density at radius 3 is 2.74 bits per heavy atom. The summed E-state index contributed by atoms with van der Waals surface area (Å²) in [7, 11) is 1.58. The average Bonchev–Trinajstić information content (AvgIpc) is 2.91. The molecule has 0 saturated heterocycles. The number of hydrogen-bond acceptors (Lipinski definition) is 5. The van der Waals surface area contributed by atoms with Crippen molar-refractivity contribution in [3.8, 4) is 11.3 Å². The Kier molecular flexibility index (Phi) is 6.41. The van der Waals surface area contributed by atoms with E-state index in [4.69, 9.17) is 37.2 Å². The summed E-state index contributed by atoms with van der Waals surface area (Å²) in [6.45, 7) is 1.20. The van der Waals surface area contributed by atoms with Crippen LogP contribution in [0.25, 0.3) is 11.3 Å². The van der Waals surface area contributed by atoms with Gasteiger partial charge in [-0.05, 0) is 18.2 Å². The van der Waals surface area contributed by atoms with Crippen molar-refractivity contribution in [2.24, 2.45) is 0 Å². The summed E-state index contributed by atoms with van der Waals surface area (Å²) >= 11 is 12.0. The molecule has 0 saturated carbocycles. The lowest BCUT2D eigenvalue weighted by molar-refractivity contribution is 0.0683. The molecule has 2 aromatic rings. The van der Waals surface area contributed by atoms with Crippen molar-refractivity contribution >= 4 is 29.2 Å². The molecule has 0 bridgehead atoms. The molecule has 2 rings (SSSR count). The van der Waals surface area contributed by atoms with Crippen LogP contribution in [-0.2, 0) is 15.9 Å². The predicted molar refractivity (Wildman–Crippen MR) is 85.3 cm³/mol. The van der Waals surface area contributed by atoms with E-state index in [2.05, 4.69) is 5.16 Å². The van der Waals surface area contributed by atoms with Gasteiger partial charge < -0.3 is 19.1 Å². The monoisotopic (exact) mass is 359 g/mol. The lowest BCUT2D eigenvalue weighted by atomic mass is 10.1. The summed E-state index contributed by atoms with van der Waals surface area (Å²) in [4.78, 5) is 11.6. The van der Waals surface area contributed by atoms with Crippen LogP contribution in [0.15, 0.2) is 22.7 Å². The predicted octanol–water partition coefficient (Wildman–Crippen LogP) is 3.55. The largest absolute Gasteiger partial charge is 0.477 e. The molecule has 0 fully saturated rings. The van der Waals surface area contributed by atoms with Crippen molar-refractivity contribution in [2.45, 2.75) is 6.42 Å². The Morgan fingerprint density at radius 1 is 1.30 bits per heavy atom. The van der Waals surface area contributed by atoms with E-state index in [1.54, 1.807) is 19.2 Å².